The van der Waals surface area contributed by atoms with E-state index in [9.17, 15) is 35.9 Å². The number of imide groups is 1. The Hall–Kier alpha value is -3.30. The predicted octanol–water partition coefficient (Wildman–Crippen LogP) is 2.79. The van der Waals surface area contributed by atoms with Gasteiger partial charge in [-0.25, -0.2) is 20.5 Å². The Labute approximate surface area is 201 Å². The van der Waals surface area contributed by atoms with Crippen LogP contribution in [0.5, 0.6) is 0 Å². The minimum atomic E-state index is -5.03. The monoisotopic (exact) mass is 520 g/mol. The summed E-state index contributed by atoms with van der Waals surface area (Å²) in [7, 11) is 0. The summed E-state index contributed by atoms with van der Waals surface area (Å²) in [6.07, 6.45) is -7.23. The number of hydrogen-bond donors (Lipinski definition) is 1. The predicted molar refractivity (Wildman–Crippen MR) is 113 cm³/mol. The normalized spacial score (nSPS) is 19.6. The number of hydrazine groups is 1. The minimum Gasteiger partial charge on any atom is -0.378 e. The zero-order chi connectivity index (χ0) is 26.8. The first kappa shape index (κ1) is 27.3. The highest BCUT2D eigenvalue weighted by molar-refractivity contribution is 6.02. The van der Waals surface area contributed by atoms with Gasteiger partial charge in [-0.15, -0.1) is 5.10 Å². The number of carbonyl (C=O) groups excluding carboxylic acids is 2. The van der Waals surface area contributed by atoms with Crippen LogP contribution >= 0.6 is 0 Å². The van der Waals surface area contributed by atoms with E-state index in [1.54, 1.807) is 0 Å². The maximum atomic E-state index is 13.1. The Morgan fingerprint density at radius 1 is 1.08 bits per heavy atom. The molecule has 36 heavy (non-hydrogen) atoms. The number of alkyl halides is 6. The molecule has 2 N–H and O–H groups in total. The van der Waals surface area contributed by atoms with Crippen molar-refractivity contribution in [3.8, 4) is 11.4 Å². The number of nitrogens with zero attached hydrogens (tertiary/aromatic N) is 5. The van der Waals surface area contributed by atoms with E-state index in [4.69, 9.17) is 10.6 Å². The van der Waals surface area contributed by atoms with E-state index >= 15 is 0 Å². The van der Waals surface area contributed by atoms with Crippen LogP contribution in [0.4, 0.5) is 26.3 Å². The number of benzene rings is 1. The molecule has 2 heterocycles. The van der Waals surface area contributed by atoms with E-state index < -0.39 is 46.7 Å². The molecule has 0 bridgehead atoms. The molecule has 3 rings (SSSR count). The van der Waals surface area contributed by atoms with Gasteiger partial charge in [0.05, 0.1) is 30.9 Å². The van der Waals surface area contributed by atoms with Crippen LogP contribution in [0.2, 0.25) is 0 Å². The number of ether oxygens (including phenoxy) is 1. The molecule has 1 aliphatic heterocycles. The number of aromatic nitrogens is 3. The van der Waals surface area contributed by atoms with E-state index in [1.165, 1.54) is 0 Å². The second kappa shape index (κ2) is 10.4. The summed E-state index contributed by atoms with van der Waals surface area (Å²) < 4.78 is 84.8. The average Bonchev–Trinajstić information content (AvgIpc) is 3.27. The SMILES string of the molecule is CC1COCC(C)N1CC(=O)N(N)C(=O)C=Cn1cnc(-c2cc(C(F)(F)F)cc(C(F)(F)F)c2)n1. The lowest BCUT2D eigenvalue weighted by molar-refractivity contribution is -0.146. The van der Waals surface area contributed by atoms with Crippen LogP contribution in [-0.4, -0.2) is 68.3 Å². The molecule has 9 nitrogen and oxygen atoms in total. The number of amides is 2. The van der Waals surface area contributed by atoms with E-state index in [-0.39, 0.29) is 24.7 Å². The van der Waals surface area contributed by atoms with Gasteiger partial charge in [-0.05, 0) is 32.0 Å². The van der Waals surface area contributed by atoms with Gasteiger partial charge in [0.25, 0.3) is 11.8 Å². The first-order chi connectivity index (χ1) is 16.7. The zero-order valence-electron chi connectivity index (χ0n) is 19.0. The maximum Gasteiger partial charge on any atom is 0.416 e. The van der Waals surface area contributed by atoms with Crippen LogP contribution in [-0.2, 0) is 26.7 Å². The number of hydrogen-bond acceptors (Lipinski definition) is 7. The van der Waals surface area contributed by atoms with Gasteiger partial charge in [-0.1, -0.05) is 0 Å². The van der Waals surface area contributed by atoms with Crippen molar-refractivity contribution in [3.63, 3.8) is 0 Å². The van der Waals surface area contributed by atoms with Gasteiger partial charge in [0, 0.05) is 29.9 Å². The molecule has 196 valence electrons. The molecule has 0 aliphatic carbocycles. The summed E-state index contributed by atoms with van der Waals surface area (Å²) in [6, 6.07) is 0.817. The summed E-state index contributed by atoms with van der Waals surface area (Å²) in [4.78, 5) is 30.2. The second-order valence-corrected chi connectivity index (χ2v) is 8.17. The Morgan fingerprint density at radius 3 is 2.17 bits per heavy atom. The van der Waals surface area contributed by atoms with Gasteiger partial charge in [0.1, 0.15) is 6.33 Å². The van der Waals surface area contributed by atoms with Crippen LogP contribution in [0.25, 0.3) is 17.6 Å². The van der Waals surface area contributed by atoms with Crippen LogP contribution < -0.4 is 5.84 Å². The van der Waals surface area contributed by atoms with E-state index in [2.05, 4.69) is 10.1 Å². The third-order valence-electron chi connectivity index (χ3n) is 5.40. The molecule has 2 aromatic rings. The average molecular weight is 520 g/mol. The van der Waals surface area contributed by atoms with Crippen LogP contribution in [0, 0.1) is 0 Å². The smallest absolute Gasteiger partial charge is 0.378 e. The summed E-state index contributed by atoms with van der Waals surface area (Å²) >= 11 is 0. The van der Waals surface area contributed by atoms with Gasteiger partial charge < -0.3 is 4.74 Å². The third-order valence-corrected chi connectivity index (χ3v) is 5.40. The van der Waals surface area contributed by atoms with Gasteiger partial charge in [-0.3, -0.25) is 14.5 Å². The van der Waals surface area contributed by atoms with Crippen molar-refractivity contribution in [2.24, 2.45) is 5.84 Å². The molecule has 0 radical (unpaired) electrons. The topological polar surface area (TPSA) is 107 Å². The summed E-state index contributed by atoms with van der Waals surface area (Å²) in [5, 5.41) is 4.18. The van der Waals surface area contributed by atoms with Crippen molar-refractivity contribution >= 4 is 18.0 Å². The molecular formula is C21H22F6N6O3. The molecule has 1 aromatic heterocycles. The fraction of sp³-hybridized carbons (Fsp3) is 0.429. The second-order valence-electron chi connectivity index (χ2n) is 8.17. The number of nitrogens with two attached hydrogens (primary N) is 1. The Balaban J connectivity index is 1.74. The van der Waals surface area contributed by atoms with Crippen molar-refractivity contribution in [2.75, 3.05) is 19.8 Å². The molecule has 0 spiro atoms. The highest BCUT2D eigenvalue weighted by Gasteiger charge is 2.37. The molecule has 1 fully saturated rings. The van der Waals surface area contributed by atoms with Crippen LogP contribution in [0.3, 0.4) is 0 Å². The maximum absolute atomic E-state index is 13.1. The van der Waals surface area contributed by atoms with Crippen molar-refractivity contribution in [3.05, 3.63) is 41.7 Å². The Bertz CT molecular complexity index is 1100. The van der Waals surface area contributed by atoms with E-state index in [0.717, 1.165) is 23.3 Å². The lowest BCUT2D eigenvalue weighted by Gasteiger charge is -2.38. The molecule has 1 aromatic carbocycles. The Kier molecular flexibility index (Phi) is 7.85. The van der Waals surface area contributed by atoms with E-state index in [1.807, 2.05) is 18.7 Å². The van der Waals surface area contributed by atoms with Crippen LogP contribution in [0.15, 0.2) is 30.6 Å². The number of rotatable bonds is 5. The number of morpholine rings is 1. The van der Waals surface area contributed by atoms with Crippen molar-refractivity contribution in [2.45, 2.75) is 38.3 Å². The van der Waals surface area contributed by atoms with Crippen molar-refractivity contribution < 1.29 is 40.7 Å². The number of carbonyl (C=O) groups is 2. The van der Waals surface area contributed by atoms with Gasteiger partial charge in [-0.2, -0.15) is 26.3 Å². The Morgan fingerprint density at radius 2 is 1.64 bits per heavy atom. The molecule has 15 heteroatoms. The number of halogens is 6. The molecule has 1 aliphatic rings. The lowest BCUT2D eigenvalue weighted by Crippen LogP contribution is -2.55. The van der Waals surface area contributed by atoms with Gasteiger partial charge in [0.15, 0.2) is 5.82 Å². The van der Waals surface area contributed by atoms with E-state index in [0.29, 0.717) is 30.4 Å². The van der Waals surface area contributed by atoms with Crippen LogP contribution in [0.1, 0.15) is 25.0 Å². The fourth-order valence-electron chi connectivity index (χ4n) is 3.49. The molecule has 2 amide bonds. The first-order valence-electron chi connectivity index (χ1n) is 10.5. The van der Waals surface area contributed by atoms with Crippen molar-refractivity contribution in [1.29, 1.82) is 0 Å². The lowest BCUT2D eigenvalue weighted by atomic mass is 10.0. The van der Waals surface area contributed by atoms with Gasteiger partial charge >= 0.3 is 12.4 Å². The zero-order valence-corrected chi connectivity index (χ0v) is 19.0. The molecular weight excluding hydrogens is 498 g/mol. The molecule has 2 unspecified atom stereocenters. The largest absolute Gasteiger partial charge is 0.416 e. The highest BCUT2D eigenvalue weighted by atomic mass is 19.4. The summed E-state index contributed by atoms with van der Waals surface area (Å²) in [6.45, 7) is 4.42. The quantitative estimate of drug-likeness (QED) is 0.213. The van der Waals surface area contributed by atoms with Gasteiger partial charge in [0.2, 0.25) is 0 Å². The fourth-order valence-corrected chi connectivity index (χ4v) is 3.49. The minimum absolute atomic E-state index is 0.00960. The van der Waals surface area contributed by atoms with Crippen molar-refractivity contribution in [1.82, 2.24) is 24.7 Å². The highest BCUT2D eigenvalue weighted by Crippen LogP contribution is 2.38. The summed E-state index contributed by atoms with van der Waals surface area (Å²) in [5.41, 5.74) is -3.56. The molecule has 1 saturated heterocycles. The third kappa shape index (κ3) is 6.47. The first-order valence-corrected chi connectivity index (χ1v) is 10.5. The standard InChI is InChI=1S/C21H22F6N6O3/c1-12-9-36-10-13(2)32(12)8-18(35)33(28)17(34)3-4-31-11-29-19(30-31)14-5-15(20(22,23)24)7-16(6-14)21(25,26)27/h3-7,11-13H,8-10,28H2,1-2H3. The summed E-state index contributed by atoms with van der Waals surface area (Å²) in [5.74, 6) is 3.55. The molecule has 2 atom stereocenters. The molecule has 0 saturated carbocycles.